The van der Waals surface area contributed by atoms with Crippen LogP contribution in [0.1, 0.15) is 0 Å². The van der Waals surface area contributed by atoms with E-state index >= 15 is 0 Å². The smallest absolute Gasteiger partial charge is 0.153 e. The lowest BCUT2D eigenvalue weighted by molar-refractivity contribution is 0.590. The molecule has 6 nitrogen and oxygen atoms in total. The van der Waals surface area contributed by atoms with E-state index in [2.05, 4.69) is 20.3 Å². The predicted octanol–water partition coefficient (Wildman–Crippen LogP) is -0.279. The molecule has 0 aromatic carbocycles. The molecule has 3 N–H and O–H groups in total. The number of hydrogen-bond acceptors (Lipinski definition) is 5. The Labute approximate surface area is 93.1 Å². The predicted molar refractivity (Wildman–Crippen MR) is 62.5 cm³/mol. The highest BCUT2D eigenvalue weighted by Gasteiger charge is 2.16. The molecular formula is C10H14N6. The Bertz CT molecular complexity index is 499. The van der Waals surface area contributed by atoms with E-state index in [1.165, 1.54) is 6.33 Å². The molecule has 2 aromatic heterocycles. The van der Waals surface area contributed by atoms with E-state index in [1.807, 2.05) is 12.3 Å². The van der Waals surface area contributed by atoms with E-state index in [0.717, 1.165) is 37.4 Å². The molecule has 0 radical (unpaired) electrons. The van der Waals surface area contributed by atoms with Crippen molar-refractivity contribution in [1.82, 2.24) is 19.9 Å². The second-order valence-electron chi connectivity index (χ2n) is 3.88. The van der Waals surface area contributed by atoms with Gasteiger partial charge in [0, 0.05) is 32.4 Å². The lowest BCUT2D eigenvalue weighted by Crippen LogP contribution is -2.43. The molecule has 0 spiro atoms. The highest BCUT2D eigenvalue weighted by molar-refractivity contribution is 5.83. The summed E-state index contributed by atoms with van der Waals surface area (Å²) in [6.45, 7) is 4.00. The van der Waals surface area contributed by atoms with E-state index in [1.54, 1.807) is 4.52 Å². The van der Waals surface area contributed by atoms with Crippen LogP contribution in [0.3, 0.4) is 0 Å². The Morgan fingerprint density at radius 2 is 2.12 bits per heavy atom. The molecule has 84 valence electrons. The monoisotopic (exact) mass is 218 g/mol. The summed E-state index contributed by atoms with van der Waals surface area (Å²) in [5.74, 6) is 0.536. The maximum atomic E-state index is 5.89. The van der Waals surface area contributed by atoms with Crippen LogP contribution < -0.4 is 16.0 Å². The zero-order chi connectivity index (χ0) is 11.0. The van der Waals surface area contributed by atoms with Crippen molar-refractivity contribution in [2.45, 2.75) is 0 Å². The van der Waals surface area contributed by atoms with E-state index in [4.69, 9.17) is 5.73 Å². The van der Waals surface area contributed by atoms with Gasteiger partial charge in [-0.3, -0.25) is 0 Å². The molecule has 0 bridgehead atoms. The molecule has 16 heavy (non-hydrogen) atoms. The summed E-state index contributed by atoms with van der Waals surface area (Å²) in [6, 6.07) is 2.05. The fraction of sp³-hybridized carbons (Fsp3) is 0.400. The van der Waals surface area contributed by atoms with Gasteiger partial charge in [0.15, 0.2) is 5.82 Å². The van der Waals surface area contributed by atoms with Gasteiger partial charge in [0.2, 0.25) is 0 Å². The first kappa shape index (κ1) is 9.41. The fourth-order valence-corrected chi connectivity index (χ4v) is 2.12. The molecule has 1 fully saturated rings. The number of nitrogen functional groups attached to an aromatic ring is 1. The van der Waals surface area contributed by atoms with Gasteiger partial charge in [-0.2, -0.15) is 5.10 Å². The maximum Gasteiger partial charge on any atom is 0.153 e. The van der Waals surface area contributed by atoms with Crippen molar-refractivity contribution in [3.63, 3.8) is 0 Å². The second kappa shape index (κ2) is 3.64. The molecule has 3 rings (SSSR count). The molecule has 0 saturated carbocycles. The Morgan fingerprint density at radius 3 is 2.94 bits per heavy atom. The van der Waals surface area contributed by atoms with Gasteiger partial charge < -0.3 is 16.0 Å². The number of nitrogens with zero attached hydrogens (tertiary/aromatic N) is 4. The first-order valence-electron chi connectivity index (χ1n) is 5.40. The highest BCUT2D eigenvalue weighted by Crippen LogP contribution is 2.25. The molecule has 0 aliphatic carbocycles. The van der Waals surface area contributed by atoms with Crippen LogP contribution in [0.4, 0.5) is 11.5 Å². The quantitative estimate of drug-likeness (QED) is 0.689. The normalized spacial score (nSPS) is 16.9. The maximum absolute atomic E-state index is 5.89. The lowest BCUT2D eigenvalue weighted by Gasteiger charge is -2.28. The molecule has 0 unspecified atom stereocenters. The number of rotatable bonds is 1. The number of aromatic nitrogens is 3. The van der Waals surface area contributed by atoms with Crippen LogP contribution in [0.2, 0.25) is 0 Å². The summed E-state index contributed by atoms with van der Waals surface area (Å²) >= 11 is 0. The van der Waals surface area contributed by atoms with Crippen LogP contribution in [0.25, 0.3) is 5.52 Å². The zero-order valence-corrected chi connectivity index (χ0v) is 8.93. The number of fused-ring (bicyclic) bond motifs is 1. The van der Waals surface area contributed by atoms with E-state index < -0.39 is 0 Å². The second-order valence-corrected chi connectivity index (χ2v) is 3.88. The summed E-state index contributed by atoms with van der Waals surface area (Å²) < 4.78 is 1.78. The SMILES string of the molecule is Nc1ncnn2ccc(N3CCNCC3)c12. The number of nitrogens with two attached hydrogens (primary N) is 1. The topological polar surface area (TPSA) is 71.5 Å². The molecule has 3 heterocycles. The molecule has 2 aromatic rings. The van der Waals surface area contributed by atoms with Crippen molar-refractivity contribution >= 4 is 17.0 Å². The van der Waals surface area contributed by atoms with Gasteiger partial charge in [-0.1, -0.05) is 0 Å². The molecule has 1 saturated heterocycles. The van der Waals surface area contributed by atoms with Crippen molar-refractivity contribution in [1.29, 1.82) is 0 Å². The molecule has 0 atom stereocenters. The van der Waals surface area contributed by atoms with Crippen molar-refractivity contribution in [3.05, 3.63) is 18.6 Å². The lowest BCUT2D eigenvalue weighted by atomic mass is 10.3. The number of anilines is 2. The van der Waals surface area contributed by atoms with E-state index in [-0.39, 0.29) is 0 Å². The van der Waals surface area contributed by atoms with Gasteiger partial charge in [0.25, 0.3) is 0 Å². The van der Waals surface area contributed by atoms with Gasteiger partial charge in [-0.05, 0) is 6.07 Å². The van der Waals surface area contributed by atoms with E-state index in [9.17, 15) is 0 Å². The standard InChI is InChI=1S/C10H14N6/c11-10-9-8(15-5-2-12-3-6-15)1-4-16(9)14-7-13-10/h1,4,7,12H,2-3,5-6H2,(H2,11,13,14). The average Bonchev–Trinajstić information content (AvgIpc) is 2.75. The third kappa shape index (κ3) is 1.38. The van der Waals surface area contributed by atoms with E-state index in [0.29, 0.717) is 5.82 Å². The summed E-state index contributed by atoms with van der Waals surface area (Å²) in [7, 11) is 0. The molecule has 0 amide bonds. The summed E-state index contributed by atoms with van der Waals surface area (Å²) in [5, 5.41) is 7.47. The largest absolute Gasteiger partial charge is 0.382 e. The van der Waals surface area contributed by atoms with Gasteiger partial charge in [-0.15, -0.1) is 0 Å². The van der Waals surface area contributed by atoms with Crippen LogP contribution in [0.15, 0.2) is 18.6 Å². The number of hydrogen-bond donors (Lipinski definition) is 2. The van der Waals surface area contributed by atoms with Gasteiger partial charge in [0.05, 0.1) is 5.69 Å². The minimum atomic E-state index is 0.536. The van der Waals surface area contributed by atoms with Crippen LogP contribution in [-0.2, 0) is 0 Å². The summed E-state index contributed by atoms with van der Waals surface area (Å²) in [5.41, 5.74) is 7.93. The Morgan fingerprint density at radius 1 is 1.31 bits per heavy atom. The van der Waals surface area contributed by atoms with Crippen molar-refractivity contribution in [2.24, 2.45) is 0 Å². The van der Waals surface area contributed by atoms with Crippen molar-refractivity contribution < 1.29 is 0 Å². The Kier molecular flexibility index (Phi) is 2.14. The number of piperazine rings is 1. The first-order valence-corrected chi connectivity index (χ1v) is 5.40. The third-order valence-electron chi connectivity index (χ3n) is 2.92. The minimum absolute atomic E-state index is 0.536. The first-order chi connectivity index (χ1) is 7.86. The number of nitrogens with one attached hydrogen (secondary N) is 1. The average molecular weight is 218 g/mol. The molecular weight excluding hydrogens is 204 g/mol. The van der Waals surface area contributed by atoms with Crippen molar-refractivity contribution in [2.75, 3.05) is 36.8 Å². The molecule has 1 aliphatic rings. The molecule has 6 heteroatoms. The van der Waals surface area contributed by atoms with Crippen LogP contribution >= 0.6 is 0 Å². The fourth-order valence-electron chi connectivity index (χ4n) is 2.12. The van der Waals surface area contributed by atoms with Crippen LogP contribution in [-0.4, -0.2) is 40.8 Å². The highest BCUT2D eigenvalue weighted by atomic mass is 15.3. The van der Waals surface area contributed by atoms with Gasteiger partial charge in [-0.25, -0.2) is 9.50 Å². The van der Waals surface area contributed by atoms with Crippen molar-refractivity contribution in [3.8, 4) is 0 Å². The molecule has 1 aliphatic heterocycles. The summed E-state index contributed by atoms with van der Waals surface area (Å²) in [6.07, 6.45) is 3.40. The zero-order valence-electron chi connectivity index (χ0n) is 8.93. The van der Waals surface area contributed by atoms with Crippen LogP contribution in [0, 0.1) is 0 Å². The van der Waals surface area contributed by atoms with Crippen LogP contribution in [0.5, 0.6) is 0 Å². The minimum Gasteiger partial charge on any atom is -0.382 e. The summed E-state index contributed by atoms with van der Waals surface area (Å²) in [4.78, 5) is 6.35. The van der Waals surface area contributed by atoms with Gasteiger partial charge >= 0.3 is 0 Å². The third-order valence-corrected chi connectivity index (χ3v) is 2.92. The van der Waals surface area contributed by atoms with Gasteiger partial charge in [0.1, 0.15) is 11.8 Å². The Hall–Kier alpha value is -1.82. The Balaban J connectivity index is 2.09.